The van der Waals surface area contributed by atoms with Crippen molar-refractivity contribution in [3.8, 4) is 0 Å². The number of H-pyrrole nitrogens is 1. The van der Waals surface area contributed by atoms with Crippen LogP contribution in [0.4, 0.5) is 20.2 Å². The summed E-state index contributed by atoms with van der Waals surface area (Å²) < 4.78 is 30.6. The molecule has 0 aliphatic carbocycles. The number of carbonyl (C=O) groups excluding carboxylic acids is 2. The molecule has 4 aromatic rings. The Hall–Kier alpha value is -4.01. The molecule has 1 aliphatic rings. The maximum atomic E-state index is 12.8. The summed E-state index contributed by atoms with van der Waals surface area (Å²) in [5.74, 6) is -0.944. The summed E-state index contributed by atoms with van der Waals surface area (Å²) in [5.41, 5.74) is 3.85. The summed E-state index contributed by atoms with van der Waals surface area (Å²) in [7, 11) is 0. The first-order valence-corrected chi connectivity index (χ1v) is 9.56. The number of benzene rings is 2. The lowest BCUT2D eigenvalue weighted by Gasteiger charge is -2.16. The van der Waals surface area contributed by atoms with Gasteiger partial charge in [0.2, 0.25) is 0 Å². The zero-order valence-electron chi connectivity index (χ0n) is 16.1. The number of anilines is 2. The monoisotopic (exact) mass is 422 g/mol. The second-order valence-electron chi connectivity index (χ2n) is 7.17. The van der Waals surface area contributed by atoms with Crippen LogP contribution in [0, 0.1) is 0 Å². The molecule has 31 heavy (non-hydrogen) atoms. The average molecular weight is 422 g/mol. The van der Waals surface area contributed by atoms with E-state index in [0.717, 1.165) is 11.3 Å². The number of aromatic amines is 1. The molecule has 0 atom stereocenters. The van der Waals surface area contributed by atoms with Crippen molar-refractivity contribution in [2.24, 2.45) is 0 Å². The molecule has 9 heteroatoms. The van der Waals surface area contributed by atoms with Crippen LogP contribution >= 0.6 is 0 Å². The van der Waals surface area contributed by atoms with Gasteiger partial charge >= 0.3 is 0 Å². The number of nitrogens with zero attached hydrogens (tertiary/aromatic N) is 2. The molecule has 2 amide bonds. The molecule has 0 bridgehead atoms. The Kier molecular flexibility index (Phi) is 4.50. The van der Waals surface area contributed by atoms with Crippen molar-refractivity contribution in [1.29, 1.82) is 0 Å². The Labute approximate surface area is 174 Å². The van der Waals surface area contributed by atoms with E-state index in [9.17, 15) is 18.4 Å². The van der Waals surface area contributed by atoms with Crippen molar-refractivity contribution in [1.82, 2.24) is 9.97 Å². The number of fused-ring (bicyclic) bond motifs is 2. The zero-order valence-corrected chi connectivity index (χ0v) is 16.1. The van der Waals surface area contributed by atoms with Crippen LogP contribution in [0.2, 0.25) is 0 Å². The van der Waals surface area contributed by atoms with Crippen LogP contribution in [-0.4, -0.2) is 28.3 Å². The van der Waals surface area contributed by atoms with E-state index in [-0.39, 0.29) is 11.8 Å². The maximum absolute atomic E-state index is 12.8. The molecule has 0 spiro atoms. The lowest BCUT2D eigenvalue weighted by molar-refractivity contribution is 0.0987. The Bertz CT molecular complexity index is 1300. The van der Waals surface area contributed by atoms with Crippen LogP contribution < -0.4 is 10.2 Å². The van der Waals surface area contributed by atoms with Crippen LogP contribution in [0.25, 0.3) is 11.0 Å². The van der Waals surface area contributed by atoms with Gasteiger partial charge in [-0.1, -0.05) is 0 Å². The lowest BCUT2D eigenvalue weighted by Crippen LogP contribution is -2.28. The molecule has 0 fully saturated rings. The van der Waals surface area contributed by atoms with Crippen LogP contribution in [0.3, 0.4) is 0 Å². The fourth-order valence-corrected chi connectivity index (χ4v) is 3.71. The van der Waals surface area contributed by atoms with Crippen molar-refractivity contribution >= 4 is 34.2 Å². The number of rotatable bonds is 4. The van der Waals surface area contributed by atoms with Gasteiger partial charge in [-0.3, -0.25) is 9.59 Å². The van der Waals surface area contributed by atoms with Gasteiger partial charge in [-0.15, -0.1) is 0 Å². The third-order valence-corrected chi connectivity index (χ3v) is 5.22. The third-order valence-electron chi connectivity index (χ3n) is 5.22. The molecular weight excluding hydrogens is 406 g/mol. The normalized spacial score (nSPS) is 13.1. The van der Waals surface area contributed by atoms with E-state index < -0.39 is 12.2 Å². The first kappa shape index (κ1) is 19.0. The molecular formula is C22H16F2N4O3. The highest BCUT2D eigenvalue weighted by molar-refractivity contribution is 6.08. The summed E-state index contributed by atoms with van der Waals surface area (Å²) in [6.07, 6.45) is 0.822. The Morgan fingerprint density at radius 2 is 2.00 bits per heavy atom. The van der Waals surface area contributed by atoms with E-state index >= 15 is 0 Å². The van der Waals surface area contributed by atoms with Gasteiger partial charge in [0.25, 0.3) is 18.2 Å². The van der Waals surface area contributed by atoms with Crippen molar-refractivity contribution in [2.45, 2.75) is 12.8 Å². The third kappa shape index (κ3) is 3.43. The zero-order chi connectivity index (χ0) is 21.5. The lowest BCUT2D eigenvalue weighted by atomic mass is 10.1. The largest absolute Gasteiger partial charge is 0.472 e. The number of amides is 2. The van der Waals surface area contributed by atoms with E-state index in [1.807, 2.05) is 6.07 Å². The molecule has 2 N–H and O–H groups in total. The minimum Gasteiger partial charge on any atom is -0.472 e. The average Bonchev–Trinajstić information content (AvgIpc) is 3.51. The second kappa shape index (κ2) is 7.35. The molecule has 0 radical (unpaired) electrons. The SMILES string of the molecule is O=C(Nc1ccc2c(c1)CCN2C(=O)c1ccoc1)c1ccc2nc(C(F)F)[nH]c2c1. The quantitative estimate of drug-likeness (QED) is 0.505. The van der Waals surface area contributed by atoms with Gasteiger partial charge in [0.05, 0.1) is 22.9 Å². The van der Waals surface area contributed by atoms with Crippen molar-refractivity contribution in [3.05, 3.63) is 77.5 Å². The van der Waals surface area contributed by atoms with Crippen molar-refractivity contribution in [3.63, 3.8) is 0 Å². The van der Waals surface area contributed by atoms with Crippen LogP contribution in [0.1, 0.15) is 38.5 Å². The predicted molar refractivity (Wildman–Crippen MR) is 110 cm³/mol. The number of nitrogens with one attached hydrogen (secondary N) is 2. The molecule has 5 rings (SSSR count). The van der Waals surface area contributed by atoms with Gasteiger partial charge < -0.3 is 19.6 Å². The van der Waals surface area contributed by atoms with Crippen molar-refractivity contribution < 1.29 is 22.8 Å². The summed E-state index contributed by atoms with van der Waals surface area (Å²) in [6, 6.07) is 11.5. The fraction of sp³-hybridized carbons (Fsp3) is 0.136. The standard InChI is InChI=1S/C22H16F2N4O3/c23-19(24)20-26-16-3-1-13(10-17(16)27-20)21(29)25-15-2-4-18-12(9-15)5-7-28(18)22(30)14-6-8-31-11-14/h1-4,6,8-11,19H,5,7H2,(H,25,29)(H,26,27). The van der Waals surface area contributed by atoms with Gasteiger partial charge in [-0.25, -0.2) is 13.8 Å². The smallest absolute Gasteiger partial charge is 0.295 e. The van der Waals surface area contributed by atoms with E-state index in [1.165, 1.54) is 30.7 Å². The topological polar surface area (TPSA) is 91.2 Å². The van der Waals surface area contributed by atoms with Crippen molar-refractivity contribution in [2.75, 3.05) is 16.8 Å². The summed E-state index contributed by atoms with van der Waals surface area (Å²) in [4.78, 5) is 33.3. The number of hydrogen-bond acceptors (Lipinski definition) is 4. The highest BCUT2D eigenvalue weighted by Crippen LogP contribution is 2.32. The van der Waals surface area contributed by atoms with Crippen LogP contribution in [0.5, 0.6) is 0 Å². The number of alkyl halides is 2. The Morgan fingerprint density at radius 1 is 1.13 bits per heavy atom. The van der Waals surface area contributed by atoms with E-state index in [0.29, 0.717) is 40.8 Å². The Balaban J connectivity index is 1.34. The molecule has 7 nitrogen and oxygen atoms in total. The number of carbonyl (C=O) groups is 2. The van der Waals surface area contributed by atoms with E-state index in [4.69, 9.17) is 4.42 Å². The molecule has 0 saturated carbocycles. The first-order chi connectivity index (χ1) is 15.0. The number of imidazole rings is 1. The molecule has 3 heterocycles. The van der Waals surface area contributed by atoms with Gasteiger partial charge in [0.15, 0.2) is 5.82 Å². The molecule has 2 aromatic heterocycles. The van der Waals surface area contributed by atoms with Gasteiger partial charge in [0.1, 0.15) is 6.26 Å². The molecule has 2 aromatic carbocycles. The van der Waals surface area contributed by atoms with E-state index in [1.54, 1.807) is 23.1 Å². The van der Waals surface area contributed by atoms with Gasteiger partial charge in [-0.05, 0) is 54.4 Å². The maximum Gasteiger partial charge on any atom is 0.295 e. The molecule has 0 saturated heterocycles. The predicted octanol–water partition coefficient (Wildman–Crippen LogP) is 4.55. The number of aromatic nitrogens is 2. The number of halogens is 2. The highest BCUT2D eigenvalue weighted by atomic mass is 19.3. The van der Waals surface area contributed by atoms with Gasteiger partial charge in [0, 0.05) is 23.5 Å². The summed E-state index contributed by atoms with van der Waals surface area (Å²) in [5, 5.41) is 2.81. The second-order valence-corrected chi connectivity index (χ2v) is 7.17. The number of furan rings is 1. The summed E-state index contributed by atoms with van der Waals surface area (Å²) in [6.45, 7) is 0.541. The Morgan fingerprint density at radius 3 is 2.77 bits per heavy atom. The summed E-state index contributed by atoms with van der Waals surface area (Å²) >= 11 is 0. The molecule has 156 valence electrons. The van der Waals surface area contributed by atoms with Crippen LogP contribution in [0.15, 0.2) is 59.4 Å². The fourth-order valence-electron chi connectivity index (χ4n) is 3.71. The van der Waals surface area contributed by atoms with E-state index in [2.05, 4.69) is 15.3 Å². The van der Waals surface area contributed by atoms with Crippen LogP contribution in [-0.2, 0) is 6.42 Å². The highest BCUT2D eigenvalue weighted by Gasteiger charge is 2.26. The minimum atomic E-state index is -2.71. The first-order valence-electron chi connectivity index (χ1n) is 9.56. The number of hydrogen-bond donors (Lipinski definition) is 2. The minimum absolute atomic E-state index is 0.139. The molecule has 1 aliphatic heterocycles. The van der Waals surface area contributed by atoms with Gasteiger partial charge in [-0.2, -0.15) is 0 Å². The molecule has 0 unspecified atom stereocenters.